The van der Waals surface area contributed by atoms with Crippen LogP contribution in [0.4, 0.5) is 5.69 Å². The molecule has 0 saturated heterocycles. The van der Waals surface area contributed by atoms with Gasteiger partial charge in [-0.3, -0.25) is 0 Å². The summed E-state index contributed by atoms with van der Waals surface area (Å²) in [5.74, 6) is 1.32. The van der Waals surface area contributed by atoms with Crippen LogP contribution in [0.3, 0.4) is 0 Å². The lowest BCUT2D eigenvalue weighted by Crippen LogP contribution is -2.27. The summed E-state index contributed by atoms with van der Waals surface area (Å²) in [6.45, 7) is 2.29. The molecule has 3 nitrogen and oxygen atoms in total. The molecule has 92 valence electrons. The predicted molar refractivity (Wildman–Crippen MR) is 73.1 cm³/mol. The summed E-state index contributed by atoms with van der Waals surface area (Å²) >= 11 is 0. The van der Waals surface area contributed by atoms with Gasteiger partial charge in [0.1, 0.15) is 0 Å². The highest BCUT2D eigenvalue weighted by atomic mass is 15.1. The largest absolute Gasteiger partial charge is 0.370 e. The second-order valence-electron chi connectivity index (χ2n) is 4.93. The number of aliphatic imine (C=N–C) groups is 1. The van der Waals surface area contributed by atoms with Crippen molar-refractivity contribution in [3.8, 4) is 0 Å². The van der Waals surface area contributed by atoms with E-state index in [1.54, 1.807) is 0 Å². The highest BCUT2D eigenvalue weighted by Crippen LogP contribution is 2.25. The predicted octanol–water partition coefficient (Wildman–Crippen LogP) is 2.99. The van der Waals surface area contributed by atoms with Gasteiger partial charge < -0.3 is 11.1 Å². The van der Waals surface area contributed by atoms with Crippen molar-refractivity contribution in [2.75, 3.05) is 5.32 Å². The molecule has 0 bridgehead atoms. The fraction of sp³-hybridized carbons (Fsp3) is 0.500. The second kappa shape index (κ2) is 5.71. The van der Waals surface area contributed by atoms with Gasteiger partial charge in [-0.25, -0.2) is 4.99 Å². The monoisotopic (exact) mass is 231 g/mol. The summed E-state index contributed by atoms with van der Waals surface area (Å²) in [6, 6.07) is 10.3. The van der Waals surface area contributed by atoms with Crippen molar-refractivity contribution >= 4 is 11.6 Å². The number of nitrogens with two attached hydrogens (primary N) is 1. The van der Waals surface area contributed by atoms with Gasteiger partial charge in [0, 0.05) is 5.69 Å². The Labute approximate surface area is 103 Å². The first-order chi connectivity index (χ1) is 8.24. The Morgan fingerprint density at radius 2 is 2.06 bits per heavy atom. The van der Waals surface area contributed by atoms with E-state index in [1.807, 2.05) is 30.3 Å². The second-order valence-corrected chi connectivity index (χ2v) is 4.93. The summed E-state index contributed by atoms with van der Waals surface area (Å²) in [6.07, 6.45) is 4.94. The first-order valence-corrected chi connectivity index (χ1v) is 6.39. The van der Waals surface area contributed by atoms with Gasteiger partial charge in [-0.2, -0.15) is 0 Å². The molecule has 1 fully saturated rings. The third kappa shape index (κ3) is 3.77. The Morgan fingerprint density at radius 1 is 1.29 bits per heavy atom. The molecule has 1 aliphatic rings. The maximum atomic E-state index is 5.92. The average Bonchev–Trinajstić information content (AvgIpc) is 2.30. The van der Waals surface area contributed by atoms with Crippen LogP contribution in [0.25, 0.3) is 0 Å². The van der Waals surface area contributed by atoms with Gasteiger partial charge in [-0.15, -0.1) is 0 Å². The van der Waals surface area contributed by atoms with E-state index in [0.29, 0.717) is 12.0 Å². The Bertz CT molecular complexity index is 372. The Morgan fingerprint density at radius 3 is 2.76 bits per heavy atom. The smallest absolute Gasteiger partial charge is 0.193 e. The number of benzene rings is 1. The molecular formula is C14H21N3. The molecule has 0 heterocycles. The first kappa shape index (κ1) is 12.0. The minimum atomic E-state index is 0.398. The highest BCUT2D eigenvalue weighted by molar-refractivity contribution is 5.92. The van der Waals surface area contributed by atoms with Gasteiger partial charge in [0.25, 0.3) is 0 Å². The lowest BCUT2D eigenvalue weighted by Gasteiger charge is -2.24. The van der Waals surface area contributed by atoms with E-state index in [9.17, 15) is 0 Å². The van der Waals surface area contributed by atoms with Gasteiger partial charge in [0.15, 0.2) is 5.96 Å². The van der Waals surface area contributed by atoms with E-state index in [4.69, 9.17) is 5.73 Å². The molecule has 17 heavy (non-hydrogen) atoms. The van der Waals surface area contributed by atoms with Crippen LogP contribution >= 0.6 is 0 Å². The summed E-state index contributed by atoms with van der Waals surface area (Å²) in [5, 5.41) is 3.13. The van der Waals surface area contributed by atoms with Crippen molar-refractivity contribution in [2.24, 2.45) is 16.6 Å². The Hall–Kier alpha value is -1.51. The standard InChI is InChI=1S/C14H21N3/c1-11-6-5-9-13(10-11)17-14(15)16-12-7-3-2-4-8-12/h2-4,7-8,11,13H,5-6,9-10H2,1H3,(H3,15,16,17). The molecule has 0 spiro atoms. The quantitative estimate of drug-likeness (QED) is 0.607. The zero-order chi connectivity index (χ0) is 12.1. The summed E-state index contributed by atoms with van der Waals surface area (Å²) in [7, 11) is 0. The average molecular weight is 231 g/mol. The highest BCUT2D eigenvalue weighted by Gasteiger charge is 2.18. The van der Waals surface area contributed by atoms with Gasteiger partial charge in [0.2, 0.25) is 0 Å². The van der Waals surface area contributed by atoms with Crippen molar-refractivity contribution in [3.05, 3.63) is 30.3 Å². The third-order valence-electron chi connectivity index (χ3n) is 3.28. The van der Waals surface area contributed by atoms with Crippen molar-refractivity contribution in [3.63, 3.8) is 0 Å². The first-order valence-electron chi connectivity index (χ1n) is 6.39. The van der Waals surface area contributed by atoms with Crippen LogP contribution in [0.5, 0.6) is 0 Å². The molecule has 3 heteroatoms. The van der Waals surface area contributed by atoms with Gasteiger partial charge >= 0.3 is 0 Å². The molecule has 1 aromatic rings. The number of rotatable bonds is 2. The normalized spacial score (nSPS) is 25.6. The van der Waals surface area contributed by atoms with Crippen molar-refractivity contribution < 1.29 is 0 Å². The van der Waals surface area contributed by atoms with Crippen LogP contribution in [0.2, 0.25) is 0 Å². The SMILES string of the molecule is CC1CCCC(N=C(N)Nc2ccccc2)C1. The molecule has 0 amide bonds. The molecule has 2 atom stereocenters. The zero-order valence-electron chi connectivity index (χ0n) is 10.4. The van der Waals surface area contributed by atoms with E-state index in [2.05, 4.69) is 17.2 Å². The van der Waals surface area contributed by atoms with Crippen molar-refractivity contribution in [1.82, 2.24) is 0 Å². The Balaban J connectivity index is 1.92. The summed E-state index contributed by atoms with van der Waals surface area (Å²) < 4.78 is 0. The van der Waals surface area contributed by atoms with Crippen LogP contribution < -0.4 is 11.1 Å². The summed E-state index contributed by atoms with van der Waals surface area (Å²) in [5.41, 5.74) is 6.92. The number of nitrogens with one attached hydrogen (secondary N) is 1. The third-order valence-corrected chi connectivity index (χ3v) is 3.28. The number of hydrogen-bond acceptors (Lipinski definition) is 1. The number of nitrogens with zero attached hydrogens (tertiary/aromatic N) is 1. The lowest BCUT2D eigenvalue weighted by molar-refractivity contribution is 0.345. The number of anilines is 1. The van der Waals surface area contributed by atoms with Gasteiger partial charge in [-0.05, 0) is 30.9 Å². The van der Waals surface area contributed by atoms with E-state index >= 15 is 0 Å². The van der Waals surface area contributed by atoms with E-state index in [1.165, 1.54) is 19.3 Å². The summed E-state index contributed by atoms with van der Waals surface area (Å²) in [4.78, 5) is 4.56. The molecule has 0 aliphatic heterocycles. The van der Waals surface area contributed by atoms with E-state index in [-0.39, 0.29) is 0 Å². The molecule has 1 aliphatic carbocycles. The number of para-hydroxylation sites is 1. The molecule has 3 N–H and O–H groups in total. The van der Waals surface area contributed by atoms with Gasteiger partial charge in [-0.1, -0.05) is 38.0 Å². The molecule has 2 unspecified atom stereocenters. The number of hydrogen-bond donors (Lipinski definition) is 2. The van der Waals surface area contributed by atoms with Crippen molar-refractivity contribution in [2.45, 2.75) is 38.6 Å². The minimum absolute atomic E-state index is 0.398. The maximum Gasteiger partial charge on any atom is 0.193 e. The van der Waals surface area contributed by atoms with Crippen LogP contribution in [0.1, 0.15) is 32.6 Å². The fourth-order valence-corrected chi connectivity index (χ4v) is 2.42. The minimum Gasteiger partial charge on any atom is -0.370 e. The zero-order valence-corrected chi connectivity index (χ0v) is 10.4. The van der Waals surface area contributed by atoms with Crippen LogP contribution in [0.15, 0.2) is 35.3 Å². The van der Waals surface area contributed by atoms with E-state index in [0.717, 1.165) is 18.0 Å². The molecule has 0 radical (unpaired) electrons. The maximum absolute atomic E-state index is 5.92. The molecule has 1 saturated carbocycles. The molecule has 0 aromatic heterocycles. The molecule has 2 rings (SSSR count). The lowest BCUT2D eigenvalue weighted by atomic mass is 9.87. The van der Waals surface area contributed by atoms with Crippen molar-refractivity contribution in [1.29, 1.82) is 0 Å². The van der Waals surface area contributed by atoms with Crippen LogP contribution in [-0.2, 0) is 0 Å². The fourth-order valence-electron chi connectivity index (χ4n) is 2.42. The molecular weight excluding hydrogens is 210 g/mol. The topological polar surface area (TPSA) is 50.4 Å². The van der Waals surface area contributed by atoms with Crippen LogP contribution in [0, 0.1) is 5.92 Å². The Kier molecular flexibility index (Phi) is 4.02. The molecule has 1 aromatic carbocycles. The van der Waals surface area contributed by atoms with Crippen LogP contribution in [-0.4, -0.2) is 12.0 Å². The van der Waals surface area contributed by atoms with E-state index < -0.39 is 0 Å². The number of guanidine groups is 1. The van der Waals surface area contributed by atoms with Gasteiger partial charge in [0.05, 0.1) is 6.04 Å².